The van der Waals surface area contributed by atoms with E-state index in [0.29, 0.717) is 12.3 Å². The van der Waals surface area contributed by atoms with Gasteiger partial charge in [-0.15, -0.1) is 10.2 Å². The normalized spacial score (nSPS) is 18.7. The summed E-state index contributed by atoms with van der Waals surface area (Å²) in [5.74, 6) is 1.26. The number of aromatic nitrogens is 3. The van der Waals surface area contributed by atoms with Gasteiger partial charge in [-0.2, -0.15) is 0 Å². The highest BCUT2D eigenvalue weighted by molar-refractivity contribution is 7.99. The van der Waals surface area contributed by atoms with Crippen LogP contribution in [0.2, 0.25) is 0 Å². The summed E-state index contributed by atoms with van der Waals surface area (Å²) in [5, 5.41) is 20.3. The molecule has 0 bridgehead atoms. The lowest BCUT2D eigenvalue weighted by Crippen LogP contribution is -2.19. The summed E-state index contributed by atoms with van der Waals surface area (Å²) in [5.41, 5.74) is 5.74. The van der Waals surface area contributed by atoms with E-state index in [2.05, 4.69) is 15.4 Å². The van der Waals surface area contributed by atoms with E-state index in [-0.39, 0.29) is 5.41 Å². The summed E-state index contributed by atoms with van der Waals surface area (Å²) < 4.78 is 1.89. The highest BCUT2D eigenvalue weighted by atomic mass is 32.2. The van der Waals surface area contributed by atoms with E-state index >= 15 is 0 Å². The van der Waals surface area contributed by atoms with E-state index in [1.165, 1.54) is 0 Å². The Morgan fingerprint density at radius 1 is 1.75 bits per heavy atom. The molecule has 6 nitrogen and oxygen atoms in total. The monoisotopic (exact) mass is 241 g/mol. The van der Waals surface area contributed by atoms with Crippen LogP contribution in [0.5, 0.6) is 0 Å². The van der Waals surface area contributed by atoms with E-state index in [0.717, 1.165) is 23.8 Å². The Bertz CT molecular complexity index is 398. The van der Waals surface area contributed by atoms with Crippen molar-refractivity contribution in [2.24, 2.45) is 23.4 Å². The molecule has 1 aromatic rings. The quantitative estimate of drug-likeness (QED) is 0.262. The molecule has 0 atom stereocenters. The largest absolute Gasteiger partial charge is 0.409 e. The van der Waals surface area contributed by atoms with Gasteiger partial charge in [0.15, 0.2) is 5.16 Å². The standard InChI is InChI=1S/C9H15N5OS/c1-14-6-11-12-8(14)16-5-9(2-3-9)4-7(10)13-15/h6,15H,2-5H2,1H3,(H2,10,13). The zero-order valence-electron chi connectivity index (χ0n) is 9.13. The van der Waals surface area contributed by atoms with Crippen molar-refractivity contribution in [1.29, 1.82) is 0 Å². The van der Waals surface area contributed by atoms with E-state index in [1.54, 1.807) is 18.1 Å². The molecule has 7 heteroatoms. The minimum Gasteiger partial charge on any atom is -0.409 e. The Hall–Kier alpha value is -1.24. The first-order valence-corrected chi connectivity index (χ1v) is 6.07. The third-order valence-electron chi connectivity index (χ3n) is 2.82. The molecule has 2 rings (SSSR count). The van der Waals surface area contributed by atoms with Crippen LogP contribution in [0.4, 0.5) is 0 Å². The van der Waals surface area contributed by atoms with Crippen LogP contribution in [0.15, 0.2) is 16.6 Å². The summed E-state index contributed by atoms with van der Waals surface area (Å²) >= 11 is 1.67. The van der Waals surface area contributed by atoms with Gasteiger partial charge in [0, 0.05) is 19.2 Å². The minimum absolute atomic E-state index is 0.201. The summed E-state index contributed by atoms with van der Waals surface area (Å²) in [6.07, 6.45) is 4.61. The molecule has 1 aromatic heterocycles. The van der Waals surface area contributed by atoms with Crippen molar-refractivity contribution >= 4 is 17.6 Å². The molecule has 0 aliphatic heterocycles. The molecule has 0 unspecified atom stereocenters. The maximum atomic E-state index is 8.55. The van der Waals surface area contributed by atoms with Gasteiger partial charge in [0.05, 0.1) is 0 Å². The molecule has 0 saturated heterocycles. The predicted octanol–water partition coefficient (Wildman–Crippen LogP) is 0.824. The molecule has 1 heterocycles. The second kappa shape index (κ2) is 4.32. The van der Waals surface area contributed by atoms with Crippen LogP contribution in [0.3, 0.4) is 0 Å². The van der Waals surface area contributed by atoms with Crippen LogP contribution < -0.4 is 5.73 Å². The first kappa shape index (κ1) is 11.3. The molecule has 0 radical (unpaired) electrons. The van der Waals surface area contributed by atoms with Crippen molar-refractivity contribution < 1.29 is 5.21 Å². The van der Waals surface area contributed by atoms with Crippen molar-refractivity contribution in [3.05, 3.63) is 6.33 Å². The fourth-order valence-corrected chi connectivity index (χ4v) is 2.77. The Morgan fingerprint density at radius 3 is 3.00 bits per heavy atom. The number of hydrogen-bond donors (Lipinski definition) is 2. The van der Waals surface area contributed by atoms with Gasteiger partial charge < -0.3 is 15.5 Å². The molecule has 1 saturated carbocycles. The first-order chi connectivity index (χ1) is 7.65. The number of amidine groups is 1. The molecular weight excluding hydrogens is 226 g/mol. The number of thioether (sulfide) groups is 1. The van der Waals surface area contributed by atoms with Crippen LogP contribution in [-0.2, 0) is 7.05 Å². The molecular formula is C9H15N5OS. The van der Waals surface area contributed by atoms with E-state index in [9.17, 15) is 0 Å². The molecule has 0 aromatic carbocycles. The SMILES string of the molecule is Cn1cnnc1SCC1(CC(N)=NO)CC1. The number of oxime groups is 1. The van der Waals surface area contributed by atoms with Crippen LogP contribution in [0.25, 0.3) is 0 Å². The average molecular weight is 241 g/mol. The molecule has 0 spiro atoms. The highest BCUT2D eigenvalue weighted by Gasteiger charge is 2.43. The first-order valence-electron chi connectivity index (χ1n) is 5.08. The maximum absolute atomic E-state index is 8.55. The Morgan fingerprint density at radius 2 is 2.50 bits per heavy atom. The van der Waals surface area contributed by atoms with E-state index in [4.69, 9.17) is 10.9 Å². The summed E-state index contributed by atoms with van der Waals surface area (Å²) in [7, 11) is 1.92. The molecule has 1 aliphatic rings. The van der Waals surface area contributed by atoms with Gasteiger partial charge >= 0.3 is 0 Å². The molecule has 1 fully saturated rings. The molecule has 88 valence electrons. The zero-order valence-corrected chi connectivity index (χ0v) is 9.94. The van der Waals surface area contributed by atoms with E-state index in [1.807, 2.05) is 11.6 Å². The predicted molar refractivity (Wildman–Crippen MR) is 61.4 cm³/mol. The fraction of sp³-hybridized carbons (Fsp3) is 0.667. The lowest BCUT2D eigenvalue weighted by Gasteiger charge is -2.12. The lowest BCUT2D eigenvalue weighted by molar-refractivity contribution is 0.315. The molecule has 16 heavy (non-hydrogen) atoms. The van der Waals surface area contributed by atoms with Crippen LogP contribution in [-0.4, -0.2) is 31.6 Å². The average Bonchev–Trinajstić information content (AvgIpc) is 2.91. The van der Waals surface area contributed by atoms with Gasteiger partial charge in [0.1, 0.15) is 12.2 Å². The molecule has 3 N–H and O–H groups in total. The van der Waals surface area contributed by atoms with Gasteiger partial charge in [-0.05, 0) is 18.3 Å². The van der Waals surface area contributed by atoms with Crippen molar-refractivity contribution in [3.8, 4) is 0 Å². The van der Waals surface area contributed by atoms with Crippen molar-refractivity contribution in [2.75, 3.05) is 5.75 Å². The summed E-state index contributed by atoms with van der Waals surface area (Å²) in [4.78, 5) is 0. The second-order valence-electron chi connectivity index (χ2n) is 4.28. The van der Waals surface area contributed by atoms with Crippen molar-refractivity contribution in [2.45, 2.75) is 24.4 Å². The summed E-state index contributed by atoms with van der Waals surface area (Å²) in [6.45, 7) is 0. The number of rotatable bonds is 5. The van der Waals surface area contributed by atoms with Gasteiger partial charge in [-0.3, -0.25) is 0 Å². The third kappa shape index (κ3) is 2.46. The van der Waals surface area contributed by atoms with Crippen LogP contribution >= 0.6 is 11.8 Å². The van der Waals surface area contributed by atoms with Crippen molar-refractivity contribution in [3.63, 3.8) is 0 Å². The minimum atomic E-state index is 0.201. The number of aryl methyl sites for hydroxylation is 1. The van der Waals surface area contributed by atoms with Crippen LogP contribution in [0.1, 0.15) is 19.3 Å². The van der Waals surface area contributed by atoms with Gasteiger partial charge in [-0.1, -0.05) is 16.9 Å². The van der Waals surface area contributed by atoms with Gasteiger partial charge in [0.2, 0.25) is 0 Å². The number of nitrogens with two attached hydrogens (primary N) is 1. The van der Waals surface area contributed by atoms with Crippen molar-refractivity contribution in [1.82, 2.24) is 14.8 Å². The smallest absolute Gasteiger partial charge is 0.190 e. The topological polar surface area (TPSA) is 89.3 Å². The van der Waals surface area contributed by atoms with Gasteiger partial charge in [-0.25, -0.2) is 0 Å². The number of nitrogens with zero attached hydrogens (tertiary/aromatic N) is 4. The molecule has 1 aliphatic carbocycles. The highest BCUT2D eigenvalue weighted by Crippen LogP contribution is 2.51. The summed E-state index contributed by atoms with van der Waals surface area (Å²) in [6, 6.07) is 0. The number of hydrogen-bond acceptors (Lipinski definition) is 5. The molecule has 0 amide bonds. The maximum Gasteiger partial charge on any atom is 0.190 e. The fourth-order valence-electron chi connectivity index (χ4n) is 1.59. The second-order valence-corrected chi connectivity index (χ2v) is 5.22. The third-order valence-corrected chi connectivity index (χ3v) is 4.20. The lowest BCUT2D eigenvalue weighted by atomic mass is 10.1. The van der Waals surface area contributed by atoms with Crippen LogP contribution in [0, 0.1) is 5.41 Å². The Labute approximate surface area is 97.9 Å². The van der Waals surface area contributed by atoms with E-state index < -0.39 is 0 Å². The zero-order chi connectivity index (χ0) is 11.6. The Kier molecular flexibility index (Phi) is 3.04. The van der Waals surface area contributed by atoms with Gasteiger partial charge in [0.25, 0.3) is 0 Å². The Balaban J connectivity index is 1.88.